The zero-order chi connectivity index (χ0) is 23.0. The van der Waals surface area contributed by atoms with Crippen LogP contribution in [0.2, 0.25) is 0 Å². The summed E-state index contributed by atoms with van der Waals surface area (Å²) < 4.78 is 17.5. The van der Waals surface area contributed by atoms with E-state index in [1.807, 2.05) is 0 Å². The molecular weight excluding hydrogens is 400 g/mol. The summed E-state index contributed by atoms with van der Waals surface area (Å²) in [5.41, 5.74) is 0. The molecule has 2 unspecified atom stereocenters. The first-order valence-electron chi connectivity index (χ1n) is 14.2. The number of aliphatic hydroxyl groups excluding tert-OH is 1. The summed E-state index contributed by atoms with van der Waals surface area (Å²) in [7, 11) is 0. The first kappa shape index (κ1) is 29.9. The molecule has 0 spiro atoms. The molecule has 1 aliphatic heterocycles. The number of ether oxygens (including phenoxy) is 3. The van der Waals surface area contributed by atoms with Gasteiger partial charge in [0.05, 0.1) is 25.9 Å². The van der Waals surface area contributed by atoms with E-state index in [0.717, 1.165) is 65.1 Å². The van der Waals surface area contributed by atoms with Crippen LogP contribution in [0.25, 0.3) is 0 Å². The molecule has 1 fully saturated rings. The summed E-state index contributed by atoms with van der Waals surface area (Å²) in [6.07, 6.45) is 25.1. The van der Waals surface area contributed by atoms with Crippen LogP contribution in [0.15, 0.2) is 0 Å². The Labute approximate surface area is 200 Å². The van der Waals surface area contributed by atoms with Crippen LogP contribution in [0.3, 0.4) is 0 Å². The lowest BCUT2D eigenvalue weighted by Crippen LogP contribution is -2.15. The lowest BCUT2D eigenvalue weighted by molar-refractivity contribution is 0.0141. The number of aliphatic hydroxyl groups is 1. The van der Waals surface area contributed by atoms with E-state index in [4.69, 9.17) is 19.3 Å². The second-order valence-electron chi connectivity index (χ2n) is 9.94. The molecule has 1 heterocycles. The van der Waals surface area contributed by atoms with Crippen molar-refractivity contribution in [3.63, 3.8) is 0 Å². The van der Waals surface area contributed by atoms with E-state index in [0.29, 0.717) is 12.5 Å². The summed E-state index contributed by atoms with van der Waals surface area (Å²) in [5, 5.41) is 8.77. The third-order valence-electron chi connectivity index (χ3n) is 6.66. The Morgan fingerprint density at radius 2 is 1.09 bits per heavy atom. The average molecular weight is 457 g/mol. The molecule has 2 atom stereocenters. The highest BCUT2D eigenvalue weighted by atomic mass is 16.5. The van der Waals surface area contributed by atoms with Crippen molar-refractivity contribution in [3.05, 3.63) is 0 Å². The van der Waals surface area contributed by atoms with E-state index in [1.165, 1.54) is 89.9 Å². The Morgan fingerprint density at radius 3 is 1.62 bits per heavy atom. The Bertz CT molecular complexity index is 363. The normalized spacial score (nSPS) is 18.6. The number of hydrogen-bond acceptors (Lipinski definition) is 4. The largest absolute Gasteiger partial charge is 0.396 e. The first-order chi connectivity index (χ1) is 15.9. The smallest absolute Gasteiger partial charge is 0.0813 e. The Kier molecular flexibility index (Phi) is 22.4. The number of rotatable bonds is 25. The molecule has 0 aromatic heterocycles. The number of hydrogen-bond donors (Lipinski definition) is 1. The quantitative estimate of drug-likeness (QED) is 0.145. The fraction of sp³-hybridized carbons (Fsp3) is 1.00. The highest BCUT2D eigenvalue weighted by Gasteiger charge is 2.25. The van der Waals surface area contributed by atoms with Gasteiger partial charge in [0.25, 0.3) is 0 Å². The van der Waals surface area contributed by atoms with Crippen LogP contribution in [0.4, 0.5) is 0 Å². The van der Waals surface area contributed by atoms with Crippen LogP contribution in [0, 0.1) is 5.92 Å². The van der Waals surface area contributed by atoms with Gasteiger partial charge in [0.15, 0.2) is 0 Å². The summed E-state index contributed by atoms with van der Waals surface area (Å²) in [5.74, 6) is 0.530. The minimum Gasteiger partial charge on any atom is -0.396 e. The van der Waals surface area contributed by atoms with Crippen LogP contribution in [-0.4, -0.2) is 50.9 Å². The summed E-state index contributed by atoms with van der Waals surface area (Å²) in [6, 6.07) is 0. The molecule has 0 bridgehead atoms. The molecule has 4 heteroatoms. The zero-order valence-corrected chi connectivity index (χ0v) is 21.5. The molecule has 32 heavy (non-hydrogen) atoms. The van der Waals surface area contributed by atoms with E-state index in [-0.39, 0.29) is 6.10 Å². The van der Waals surface area contributed by atoms with Gasteiger partial charge in [0, 0.05) is 25.7 Å². The van der Waals surface area contributed by atoms with Gasteiger partial charge in [-0.15, -0.1) is 0 Å². The molecule has 0 aromatic rings. The fourth-order valence-electron chi connectivity index (χ4n) is 4.55. The Morgan fingerprint density at radius 1 is 0.625 bits per heavy atom. The summed E-state index contributed by atoms with van der Waals surface area (Å²) >= 11 is 0. The summed E-state index contributed by atoms with van der Waals surface area (Å²) in [6.45, 7) is 6.69. The summed E-state index contributed by atoms with van der Waals surface area (Å²) in [4.78, 5) is 0. The van der Waals surface area contributed by atoms with Crippen LogP contribution in [0.1, 0.15) is 129 Å². The molecule has 0 aliphatic carbocycles. The maximum absolute atomic E-state index is 8.77. The van der Waals surface area contributed by atoms with Crippen LogP contribution < -0.4 is 0 Å². The fourth-order valence-corrected chi connectivity index (χ4v) is 4.55. The standard InChI is InChI=1S/C28H56O4/c1-2-3-4-5-6-7-8-9-10-11-12-13-15-18-22-31-26-28-23-27(25-32-28)24-30-21-19-16-14-17-20-29/h27-29H,2-26H2,1H3. The maximum Gasteiger partial charge on any atom is 0.0813 e. The van der Waals surface area contributed by atoms with Gasteiger partial charge in [-0.25, -0.2) is 0 Å². The van der Waals surface area contributed by atoms with E-state index in [9.17, 15) is 0 Å². The second-order valence-corrected chi connectivity index (χ2v) is 9.94. The average Bonchev–Trinajstić information content (AvgIpc) is 3.26. The van der Waals surface area contributed by atoms with Gasteiger partial charge in [-0.3, -0.25) is 0 Å². The minimum absolute atomic E-state index is 0.264. The van der Waals surface area contributed by atoms with Crippen LogP contribution in [-0.2, 0) is 14.2 Å². The first-order valence-corrected chi connectivity index (χ1v) is 14.2. The topological polar surface area (TPSA) is 47.9 Å². The van der Waals surface area contributed by atoms with Gasteiger partial charge in [-0.1, -0.05) is 103 Å². The van der Waals surface area contributed by atoms with Crippen LogP contribution in [0.5, 0.6) is 0 Å². The molecule has 0 saturated carbocycles. The molecular formula is C28H56O4. The monoisotopic (exact) mass is 456 g/mol. The molecule has 1 rings (SSSR count). The van der Waals surface area contributed by atoms with Crippen molar-refractivity contribution in [3.8, 4) is 0 Å². The number of unbranched alkanes of at least 4 members (excludes halogenated alkanes) is 16. The highest BCUT2D eigenvalue weighted by Crippen LogP contribution is 2.20. The van der Waals surface area contributed by atoms with Crippen molar-refractivity contribution < 1.29 is 19.3 Å². The lowest BCUT2D eigenvalue weighted by atomic mass is 10.0. The van der Waals surface area contributed by atoms with Crippen molar-refractivity contribution in [2.24, 2.45) is 5.92 Å². The molecule has 4 nitrogen and oxygen atoms in total. The molecule has 1 aliphatic rings. The predicted molar refractivity (Wildman–Crippen MR) is 135 cm³/mol. The van der Waals surface area contributed by atoms with Gasteiger partial charge in [0.2, 0.25) is 0 Å². The van der Waals surface area contributed by atoms with E-state index in [2.05, 4.69) is 6.92 Å². The van der Waals surface area contributed by atoms with Gasteiger partial charge in [-0.2, -0.15) is 0 Å². The van der Waals surface area contributed by atoms with Crippen molar-refractivity contribution in [2.45, 2.75) is 135 Å². The highest BCUT2D eigenvalue weighted by molar-refractivity contribution is 4.73. The zero-order valence-electron chi connectivity index (χ0n) is 21.5. The molecule has 0 amide bonds. The molecule has 0 radical (unpaired) electrons. The maximum atomic E-state index is 8.77. The van der Waals surface area contributed by atoms with Gasteiger partial charge >= 0.3 is 0 Å². The lowest BCUT2D eigenvalue weighted by Gasteiger charge is -2.11. The minimum atomic E-state index is 0.264. The second kappa shape index (κ2) is 24.0. The molecule has 0 aromatic carbocycles. The van der Waals surface area contributed by atoms with Crippen molar-refractivity contribution in [2.75, 3.05) is 39.6 Å². The molecule has 1 saturated heterocycles. The Balaban J connectivity index is 1.74. The van der Waals surface area contributed by atoms with Gasteiger partial charge in [0.1, 0.15) is 0 Å². The van der Waals surface area contributed by atoms with Crippen molar-refractivity contribution >= 4 is 0 Å². The van der Waals surface area contributed by atoms with E-state index in [1.54, 1.807) is 0 Å². The SMILES string of the molecule is CCCCCCCCCCCCCCCCOCC1CC(COCCCCCCO)CO1. The predicted octanol–water partition coefficient (Wildman–Crippen LogP) is 7.46. The van der Waals surface area contributed by atoms with E-state index < -0.39 is 0 Å². The van der Waals surface area contributed by atoms with Crippen LogP contribution >= 0.6 is 0 Å². The van der Waals surface area contributed by atoms with Gasteiger partial charge in [-0.05, 0) is 25.7 Å². The molecule has 1 N–H and O–H groups in total. The third kappa shape index (κ3) is 19.3. The van der Waals surface area contributed by atoms with Crippen molar-refractivity contribution in [1.29, 1.82) is 0 Å². The Hall–Kier alpha value is -0.160. The van der Waals surface area contributed by atoms with Crippen molar-refractivity contribution in [1.82, 2.24) is 0 Å². The molecule has 192 valence electrons. The van der Waals surface area contributed by atoms with E-state index >= 15 is 0 Å². The van der Waals surface area contributed by atoms with Gasteiger partial charge < -0.3 is 19.3 Å². The third-order valence-corrected chi connectivity index (χ3v) is 6.66.